The first-order valence-electron chi connectivity index (χ1n) is 6.31. The SMILES string of the molecule is CCNC(CC1CC1)c1ccc(OC)cc1F. The lowest BCUT2D eigenvalue weighted by atomic mass is 10.0. The molecule has 1 N–H and O–H groups in total. The van der Waals surface area contributed by atoms with Crippen LogP contribution in [0, 0.1) is 11.7 Å². The average Bonchev–Trinajstić information content (AvgIpc) is 3.12. The molecule has 0 spiro atoms. The molecule has 1 saturated carbocycles. The third kappa shape index (κ3) is 3.19. The lowest BCUT2D eigenvalue weighted by Gasteiger charge is -2.19. The van der Waals surface area contributed by atoms with Crippen molar-refractivity contribution in [2.24, 2.45) is 5.92 Å². The van der Waals surface area contributed by atoms with Gasteiger partial charge in [-0.15, -0.1) is 0 Å². The van der Waals surface area contributed by atoms with Crippen LogP contribution in [0.25, 0.3) is 0 Å². The van der Waals surface area contributed by atoms with Gasteiger partial charge in [-0.25, -0.2) is 4.39 Å². The van der Waals surface area contributed by atoms with Crippen LogP contribution in [0.5, 0.6) is 5.75 Å². The highest BCUT2D eigenvalue weighted by Crippen LogP contribution is 2.38. The summed E-state index contributed by atoms with van der Waals surface area (Å²) in [5, 5.41) is 3.37. The van der Waals surface area contributed by atoms with E-state index in [2.05, 4.69) is 12.2 Å². The van der Waals surface area contributed by atoms with Gasteiger partial charge in [-0.05, 0) is 24.9 Å². The number of ether oxygens (including phenoxy) is 1. The van der Waals surface area contributed by atoms with E-state index in [1.165, 1.54) is 18.9 Å². The number of hydrogen-bond acceptors (Lipinski definition) is 2. The molecular formula is C14H20FNO. The number of rotatable bonds is 6. The number of methoxy groups -OCH3 is 1. The lowest BCUT2D eigenvalue weighted by Crippen LogP contribution is -2.22. The largest absolute Gasteiger partial charge is 0.497 e. The van der Waals surface area contributed by atoms with E-state index in [0.717, 1.165) is 24.4 Å². The van der Waals surface area contributed by atoms with Gasteiger partial charge in [-0.1, -0.05) is 25.8 Å². The van der Waals surface area contributed by atoms with Gasteiger partial charge in [-0.3, -0.25) is 0 Å². The molecule has 0 radical (unpaired) electrons. The van der Waals surface area contributed by atoms with Crippen molar-refractivity contribution < 1.29 is 9.13 Å². The van der Waals surface area contributed by atoms with Gasteiger partial charge in [0.15, 0.2) is 0 Å². The Morgan fingerprint density at radius 1 is 1.47 bits per heavy atom. The Morgan fingerprint density at radius 3 is 2.76 bits per heavy atom. The number of hydrogen-bond donors (Lipinski definition) is 1. The molecule has 2 rings (SSSR count). The van der Waals surface area contributed by atoms with Gasteiger partial charge in [0.25, 0.3) is 0 Å². The molecule has 1 aromatic rings. The Morgan fingerprint density at radius 2 is 2.24 bits per heavy atom. The van der Waals surface area contributed by atoms with Gasteiger partial charge in [0, 0.05) is 17.7 Å². The quantitative estimate of drug-likeness (QED) is 0.819. The fourth-order valence-corrected chi connectivity index (χ4v) is 2.17. The van der Waals surface area contributed by atoms with Crippen molar-refractivity contribution in [3.05, 3.63) is 29.6 Å². The smallest absolute Gasteiger partial charge is 0.131 e. The molecule has 0 aliphatic heterocycles. The third-order valence-corrected chi connectivity index (χ3v) is 3.30. The molecule has 0 aromatic heterocycles. The van der Waals surface area contributed by atoms with Gasteiger partial charge < -0.3 is 10.1 Å². The van der Waals surface area contributed by atoms with Gasteiger partial charge in [0.05, 0.1) is 7.11 Å². The fourth-order valence-electron chi connectivity index (χ4n) is 2.17. The van der Waals surface area contributed by atoms with E-state index in [-0.39, 0.29) is 11.9 Å². The standard InChI is InChI=1S/C14H20FNO/c1-3-16-14(8-10-4-5-10)12-7-6-11(17-2)9-13(12)15/h6-7,9-10,14,16H,3-5,8H2,1-2H3. The van der Waals surface area contributed by atoms with E-state index < -0.39 is 0 Å². The normalized spacial score (nSPS) is 16.9. The summed E-state index contributed by atoms with van der Waals surface area (Å²) in [4.78, 5) is 0. The zero-order valence-electron chi connectivity index (χ0n) is 10.5. The Balaban J connectivity index is 2.15. The molecule has 0 bridgehead atoms. The molecule has 2 nitrogen and oxygen atoms in total. The third-order valence-electron chi connectivity index (χ3n) is 3.30. The number of benzene rings is 1. The maximum Gasteiger partial charge on any atom is 0.131 e. The zero-order chi connectivity index (χ0) is 12.3. The Kier molecular flexibility index (Phi) is 4.00. The molecule has 1 aromatic carbocycles. The van der Waals surface area contributed by atoms with Crippen LogP contribution in [-0.2, 0) is 0 Å². The zero-order valence-corrected chi connectivity index (χ0v) is 10.5. The van der Waals surface area contributed by atoms with Crippen molar-refractivity contribution in [3.8, 4) is 5.75 Å². The molecule has 1 aliphatic rings. The highest BCUT2D eigenvalue weighted by Gasteiger charge is 2.27. The summed E-state index contributed by atoms with van der Waals surface area (Å²) in [6.45, 7) is 2.92. The predicted molar refractivity (Wildman–Crippen MR) is 66.7 cm³/mol. The van der Waals surface area contributed by atoms with Crippen LogP contribution in [0.3, 0.4) is 0 Å². The predicted octanol–water partition coefficient (Wildman–Crippen LogP) is 3.29. The summed E-state index contributed by atoms with van der Waals surface area (Å²) in [6.07, 6.45) is 3.62. The molecular weight excluding hydrogens is 217 g/mol. The van der Waals surface area contributed by atoms with Crippen molar-refractivity contribution in [2.75, 3.05) is 13.7 Å². The van der Waals surface area contributed by atoms with Crippen molar-refractivity contribution in [1.29, 1.82) is 0 Å². The second-order valence-corrected chi connectivity index (χ2v) is 4.68. The van der Waals surface area contributed by atoms with Crippen LogP contribution in [0.1, 0.15) is 37.8 Å². The average molecular weight is 237 g/mol. The molecule has 94 valence electrons. The minimum absolute atomic E-state index is 0.137. The molecule has 1 fully saturated rings. The minimum Gasteiger partial charge on any atom is -0.497 e. The highest BCUT2D eigenvalue weighted by molar-refractivity contribution is 5.31. The lowest BCUT2D eigenvalue weighted by molar-refractivity contribution is 0.407. The topological polar surface area (TPSA) is 21.3 Å². The van der Waals surface area contributed by atoms with Crippen LogP contribution < -0.4 is 10.1 Å². The van der Waals surface area contributed by atoms with Crippen LogP contribution in [0.15, 0.2) is 18.2 Å². The van der Waals surface area contributed by atoms with E-state index in [0.29, 0.717) is 5.75 Å². The van der Waals surface area contributed by atoms with Gasteiger partial charge >= 0.3 is 0 Å². The van der Waals surface area contributed by atoms with Gasteiger partial charge in [0.2, 0.25) is 0 Å². The summed E-state index contributed by atoms with van der Waals surface area (Å²) in [5.74, 6) is 1.18. The van der Waals surface area contributed by atoms with Gasteiger partial charge in [-0.2, -0.15) is 0 Å². The minimum atomic E-state index is -0.170. The Bertz CT molecular complexity index is 376. The highest BCUT2D eigenvalue weighted by atomic mass is 19.1. The van der Waals surface area contributed by atoms with Crippen LogP contribution in [0.2, 0.25) is 0 Å². The van der Waals surface area contributed by atoms with Gasteiger partial charge in [0.1, 0.15) is 11.6 Å². The number of nitrogens with one attached hydrogen (secondary N) is 1. The van der Waals surface area contributed by atoms with E-state index in [9.17, 15) is 4.39 Å². The maximum absolute atomic E-state index is 14.0. The fraction of sp³-hybridized carbons (Fsp3) is 0.571. The summed E-state index contributed by atoms with van der Waals surface area (Å²) in [5.41, 5.74) is 0.763. The van der Waals surface area contributed by atoms with Crippen LogP contribution >= 0.6 is 0 Å². The molecule has 3 heteroatoms. The van der Waals surface area contributed by atoms with Crippen molar-refractivity contribution in [1.82, 2.24) is 5.32 Å². The maximum atomic E-state index is 14.0. The van der Waals surface area contributed by atoms with Crippen LogP contribution in [-0.4, -0.2) is 13.7 Å². The van der Waals surface area contributed by atoms with Crippen molar-refractivity contribution in [2.45, 2.75) is 32.2 Å². The number of halogens is 1. The summed E-state index contributed by atoms with van der Waals surface area (Å²) in [6, 6.07) is 5.27. The van der Waals surface area contributed by atoms with E-state index in [1.54, 1.807) is 7.11 Å². The molecule has 0 saturated heterocycles. The van der Waals surface area contributed by atoms with Crippen LogP contribution in [0.4, 0.5) is 4.39 Å². The molecule has 1 atom stereocenters. The van der Waals surface area contributed by atoms with Crippen molar-refractivity contribution >= 4 is 0 Å². The molecule has 1 aliphatic carbocycles. The molecule has 0 heterocycles. The van der Waals surface area contributed by atoms with E-state index in [1.807, 2.05) is 12.1 Å². The second kappa shape index (κ2) is 5.50. The first-order chi connectivity index (χ1) is 8.24. The first kappa shape index (κ1) is 12.4. The monoisotopic (exact) mass is 237 g/mol. The Hall–Kier alpha value is -1.09. The second-order valence-electron chi connectivity index (χ2n) is 4.68. The summed E-state index contributed by atoms with van der Waals surface area (Å²) in [7, 11) is 1.56. The molecule has 0 amide bonds. The first-order valence-corrected chi connectivity index (χ1v) is 6.31. The summed E-state index contributed by atoms with van der Waals surface area (Å²) >= 11 is 0. The Labute approximate surface area is 102 Å². The molecule has 17 heavy (non-hydrogen) atoms. The van der Waals surface area contributed by atoms with E-state index >= 15 is 0 Å². The molecule has 1 unspecified atom stereocenters. The summed E-state index contributed by atoms with van der Waals surface area (Å²) < 4.78 is 19.0. The van der Waals surface area contributed by atoms with Crippen molar-refractivity contribution in [3.63, 3.8) is 0 Å². The van der Waals surface area contributed by atoms with E-state index in [4.69, 9.17) is 4.74 Å².